The molecule has 27 heavy (non-hydrogen) atoms. The van der Waals surface area contributed by atoms with E-state index in [0.717, 1.165) is 0 Å². The minimum Gasteiger partial charge on any atom is -1.00 e. The monoisotopic (exact) mass is 454 g/mol. The van der Waals surface area contributed by atoms with Crippen molar-refractivity contribution in [1.82, 2.24) is 0 Å². The molecule has 0 aliphatic carbocycles. The maximum absolute atomic E-state index is 2.32. The van der Waals surface area contributed by atoms with E-state index in [2.05, 4.69) is 94.4 Å². The molecule has 3 aromatic carbocycles. The Bertz CT molecular complexity index is 763. The number of rotatable bonds is 4. The van der Waals surface area contributed by atoms with E-state index in [1.54, 1.807) is 0 Å². The molecule has 0 saturated carbocycles. The van der Waals surface area contributed by atoms with Crippen molar-refractivity contribution >= 4 is 0 Å². The molecule has 3 aromatic rings. The van der Waals surface area contributed by atoms with Gasteiger partial charge in [0.05, 0.1) is 0 Å². The molecule has 0 spiro atoms. The fourth-order valence-corrected chi connectivity index (χ4v) is 3.49. The van der Waals surface area contributed by atoms with Crippen LogP contribution in [0.15, 0.2) is 66.7 Å². The van der Waals surface area contributed by atoms with Gasteiger partial charge in [0.1, 0.15) is 0 Å². The van der Waals surface area contributed by atoms with Crippen molar-refractivity contribution in [3.8, 4) is 0 Å². The largest absolute Gasteiger partial charge is 4.00 e. The first-order chi connectivity index (χ1) is 11.1. The van der Waals surface area contributed by atoms with Crippen LogP contribution in [0, 0.1) is 13.8 Å². The van der Waals surface area contributed by atoms with Crippen LogP contribution < -0.4 is 37.2 Å². The van der Waals surface area contributed by atoms with E-state index in [-0.39, 0.29) is 58.9 Å². The van der Waals surface area contributed by atoms with Crippen molar-refractivity contribution in [3.05, 3.63) is 100 Å². The molecule has 0 aliphatic heterocycles. The fourth-order valence-electron chi connectivity index (χ4n) is 3.49. The summed E-state index contributed by atoms with van der Waals surface area (Å²) in [6.07, 6.45) is 0. The molecule has 0 atom stereocenters. The molecule has 0 aliphatic rings. The van der Waals surface area contributed by atoms with Crippen molar-refractivity contribution in [2.75, 3.05) is 0 Å². The molecular weight excluding hydrogens is 430 g/mol. The molecule has 0 unspecified atom stereocenters. The Hall–Kier alpha value is -0.626. The molecule has 4 heteroatoms. The van der Waals surface area contributed by atoms with Crippen LogP contribution >= 0.6 is 0 Å². The third-order valence-electron chi connectivity index (χ3n) is 4.57. The summed E-state index contributed by atoms with van der Waals surface area (Å²) < 4.78 is 0. The van der Waals surface area contributed by atoms with Gasteiger partial charge in [0, 0.05) is 0 Å². The standard InChI is InChI=1S/C23H25.3ClH.Ti/c1-16(2)21-12-7-13-22(21)23(19-10-5-8-17(3)14-19)20-11-6-9-18(4)15-20;;;;/h5-16,23H,1-4H3;3*1H;/q-1;;;;+4/p-3. The second kappa shape index (κ2) is 12.8. The van der Waals surface area contributed by atoms with Crippen LogP contribution in [0.4, 0.5) is 0 Å². The summed E-state index contributed by atoms with van der Waals surface area (Å²) in [7, 11) is 0. The molecule has 0 fully saturated rings. The summed E-state index contributed by atoms with van der Waals surface area (Å²) in [5.74, 6) is 0.847. The molecular formula is C23H25Cl3Ti. The Labute approximate surface area is 197 Å². The summed E-state index contributed by atoms with van der Waals surface area (Å²) in [5.41, 5.74) is 8.29. The minimum atomic E-state index is 0. The first-order valence-corrected chi connectivity index (χ1v) is 8.45. The third-order valence-corrected chi connectivity index (χ3v) is 4.57. The van der Waals surface area contributed by atoms with Crippen LogP contribution in [0.2, 0.25) is 0 Å². The molecule has 0 N–H and O–H groups in total. The zero-order valence-electron chi connectivity index (χ0n) is 16.1. The quantitative estimate of drug-likeness (QED) is 0.298. The van der Waals surface area contributed by atoms with Gasteiger partial charge in [0.2, 0.25) is 0 Å². The molecule has 0 bridgehead atoms. The van der Waals surface area contributed by atoms with Crippen molar-refractivity contribution in [1.29, 1.82) is 0 Å². The van der Waals surface area contributed by atoms with E-state index in [1.165, 1.54) is 33.4 Å². The SMILES string of the molecule is Cc1cccc(C(c2cccc(C)c2)[c-]2cccc2C(C)C)c1.[Cl-].[Cl-].[Cl-].[Ti+4]. The van der Waals surface area contributed by atoms with Crippen LogP contribution in [0.3, 0.4) is 0 Å². The first kappa shape index (κ1) is 28.6. The van der Waals surface area contributed by atoms with Gasteiger partial charge in [-0.3, -0.25) is 0 Å². The predicted molar refractivity (Wildman–Crippen MR) is 99.4 cm³/mol. The number of hydrogen-bond acceptors (Lipinski definition) is 0. The zero-order valence-corrected chi connectivity index (χ0v) is 20.0. The van der Waals surface area contributed by atoms with Crippen LogP contribution in [0.5, 0.6) is 0 Å². The van der Waals surface area contributed by atoms with Gasteiger partial charge in [-0.25, -0.2) is 12.1 Å². The number of aryl methyl sites for hydroxylation is 2. The van der Waals surface area contributed by atoms with E-state index < -0.39 is 0 Å². The third kappa shape index (κ3) is 6.73. The van der Waals surface area contributed by atoms with Crippen LogP contribution in [-0.2, 0) is 21.7 Å². The number of halogens is 3. The normalized spacial score (nSPS) is 9.70. The zero-order chi connectivity index (χ0) is 16.4. The summed E-state index contributed by atoms with van der Waals surface area (Å²) in [5, 5.41) is 0. The van der Waals surface area contributed by atoms with Crippen LogP contribution in [-0.4, -0.2) is 0 Å². The fraction of sp³-hybridized carbons (Fsp3) is 0.261. The Kier molecular flexibility index (Phi) is 13.5. The van der Waals surface area contributed by atoms with Gasteiger partial charge < -0.3 is 37.2 Å². The molecule has 0 saturated heterocycles. The van der Waals surface area contributed by atoms with Gasteiger partial charge in [-0.1, -0.05) is 73.5 Å². The molecule has 0 amide bonds. The van der Waals surface area contributed by atoms with Gasteiger partial charge in [0.15, 0.2) is 0 Å². The summed E-state index contributed by atoms with van der Waals surface area (Å²) in [6.45, 7) is 8.90. The van der Waals surface area contributed by atoms with E-state index in [0.29, 0.717) is 11.8 Å². The Morgan fingerprint density at radius 3 is 1.59 bits per heavy atom. The van der Waals surface area contributed by atoms with Gasteiger partial charge in [0.25, 0.3) is 0 Å². The number of benzene rings is 2. The van der Waals surface area contributed by atoms with Gasteiger partial charge >= 0.3 is 21.7 Å². The molecule has 3 rings (SSSR count). The van der Waals surface area contributed by atoms with Gasteiger partial charge in [-0.2, -0.15) is 11.6 Å². The van der Waals surface area contributed by atoms with Crippen molar-refractivity contribution in [2.24, 2.45) is 0 Å². The molecule has 0 nitrogen and oxygen atoms in total. The van der Waals surface area contributed by atoms with E-state index in [9.17, 15) is 0 Å². The Balaban J connectivity index is 0. The van der Waals surface area contributed by atoms with Crippen LogP contribution in [0.25, 0.3) is 0 Å². The van der Waals surface area contributed by atoms with E-state index in [1.807, 2.05) is 0 Å². The van der Waals surface area contributed by atoms with E-state index in [4.69, 9.17) is 0 Å². The summed E-state index contributed by atoms with van der Waals surface area (Å²) >= 11 is 0. The summed E-state index contributed by atoms with van der Waals surface area (Å²) in [6, 6.07) is 24.6. The maximum atomic E-state index is 2.32. The molecule has 0 aromatic heterocycles. The average Bonchev–Trinajstić information content (AvgIpc) is 2.97. The molecule has 0 radical (unpaired) electrons. The predicted octanol–water partition coefficient (Wildman–Crippen LogP) is -2.66. The van der Waals surface area contributed by atoms with Gasteiger partial charge in [-0.15, -0.1) is 5.56 Å². The van der Waals surface area contributed by atoms with Crippen LogP contribution in [0.1, 0.15) is 59.1 Å². The molecule has 0 heterocycles. The second-order valence-electron chi connectivity index (χ2n) is 6.85. The maximum Gasteiger partial charge on any atom is 4.00 e. The Morgan fingerprint density at radius 1 is 0.704 bits per heavy atom. The average molecular weight is 456 g/mol. The molecule has 142 valence electrons. The number of hydrogen-bond donors (Lipinski definition) is 0. The van der Waals surface area contributed by atoms with E-state index >= 15 is 0 Å². The summed E-state index contributed by atoms with van der Waals surface area (Å²) in [4.78, 5) is 0. The first-order valence-electron chi connectivity index (χ1n) is 8.45. The Morgan fingerprint density at radius 2 is 1.19 bits per heavy atom. The smallest absolute Gasteiger partial charge is 1.00 e. The van der Waals surface area contributed by atoms with Gasteiger partial charge in [-0.05, 0) is 36.8 Å². The van der Waals surface area contributed by atoms with Crippen molar-refractivity contribution in [2.45, 2.75) is 39.5 Å². The minimum absolute atomic E-state index is 0. The van der Waals surface area contributed by atoms with Crippen molar-refractivity contribution < 1.29 is 58.9 Å². The topological polar surface area (TPSA) is 0 Å². The second-order valence-corrected chi connectivity index (χ2v) is 6.85. The van der Waals surface area contributed by atoms with Crippen molar-refractivity contribution in [3.63, 3.8) is 0 Å².